The molecule has 0 aliphatic carbocycles. The first-order chi connectivity index (χ1) is 10.1. The van der Waals surface area contributed by atoms with Crippen molar-refractivity contribution in [2.24, 2.45) is 5.92 Å². The predicted molar refractivity (Wildman–Crippen MR) is 85.1 cm³/mol. The molecular weight excluding hydrogens is 284 g/mol. The molecule has 0 bridgehead atoms. The van der Waals surface area contributed by atoms with E-state index in [4.69, 9.17) is 0 Å². The van der Waals surface area contributed by atoms with Crippen molar-refractivity contribution in [3.05, 3.63) is 30.3 Å². The molecule has 1 aromatic rings. The van der Waals surface area contributed by atoms with Crippen molar-refractivity contribution in [2.45, 2.75) is 31.2 Å². The molecule has 1 aromatic carbocycles. The van der Waals surface area contributed by atoms with Crippen molar-refractivity contribution in [3.63, 3.8) is 0 Å². The molecule has 4 nitrogen and oxygen atoms in total. The number of hydrogen-bond acceptors (Lipinski definition) is 3. The minimum atomic E-state index is -0.326. The highest BCUT2D eigenvalue weighted by molar-refractivity contribution is 7.99. The fourth-order valence-corrected chi connectivity index (χ4v) is 3.37. The second-order valence-electron chi connectivity index (χ2n) is 5.30. The van der Waals surface area contributed by atoms with Crippen LogP contribution in [-0.4, -0.2) is 41.6 Å². The molecule has 0 aromatic heterocycles. The molecule has 1 fully saturated rings. The summed E-state index contributed by atoms with van der Waals surface area (Å²) in [4.78, 5) is 27.1. The average Bonchev–Trinajstić information content (AvgIpc) is 2.51. The van der Waals surface area contributed by atoms with Gasteiger partial charge in [-0.3, -0.25) is 9.59 Å². The number of carbonyl (C=O) groups is 2. The molecule has 5 heteroatoms. The second-order valence-corrected chi connectivity index (χ2v) is 6.47. The molecule has 1 N–H and O–H groups in total. The van der Waals surface area contributed by atoms with Crippen molar-refractivity contribution in [2.75, 3.05) is 18.8 Å². The molecule has 2 amide bonds. The lowest BCUT2D eigenvalue weighted by atomic mass is 9.95. The highest BCUT2D eigenvalue weighted by atomic mass is 32.2. The summed E-state index contributed by atoms with van der Waals surface area (Å²) in [6.45, 7) is 4.82. The third-order valence-electron chi connectivity index (χ3n) is 3.87. The number of nitrogens with zero attached hydrogens (tertiary/aromatic N) is 1. The van der Waals surface area contributed by atoms with Crippen LogP contribution in [0.2, 0.25) is 0 Å². The van der Waals surface area contributed by atoms with Crippen LogP contribution in [0.1, 0.15) is 20.3 Å². The summed E-state index contributed by atoms with van der Waals surface area (Å²) in [5, 5.41) is 2.70. The molecule has 21 heavy (non-hydrogen) atoms. The Hall–Kier alpha value is -1.49. The summed E-state index contributed by atoms with van der Waals surface area (Å²) in [6, 6.07) is 9.78. The summed E-state index contributed by atoms with van der Waals surface area (Å²) >= 11 is 1.71. The highest BCUT2D eigenvalue weighted by Crippen LogP contribution is 2.21. The Morgan fingerprint density at radius 2 is 2.05 bits per heavy atom. The Labute approximate surface area is 130 Å². The summed E-state index contributed by atoms with van der Waals surface area (Å²) in [5.41, 5.74) is 0. The smallest absolute Gasteiger partial charge is 0.243 e. The number of benzene rings is 1. The number of piperazine rings is 1. The minimum Gasteiger partial charge on any atom is -0.345 e. The van der Waals surface area contributed by atoms with Crippen LogP contribution >= 0.6 is 11.8 Å². The van der Waals surface area contributed by atoms with Crippen molar-refractivity contribution < 1.29 is 9.59 Å². The van der Waals surface area contributed by atoms with Crippen LogP contribution in [0.15, 0.2) is 35.2 Å². The Morgan fingerprint density at radius 1 is 1.33 bits per heavy atom. The average molecular weight is 306 g/mol. The fraction of sp³-hybridized carbons (Fsp3) is 0.500. The van der Waals surface area contributed by atoms with Crippen molar-refractivity contribution in [1.29, 1.82) is 0 Å². The maximum absolute atomic E-state index is 12.1. The van der Waals surface area contributed by atoms with Gasteiger partial charge in [-0.2, -0.15) is 0 Å². The van der Waals surface area contributed by atoms with Gasteiger partial charge < -0.3 is 10.2 Å². The van der Waals surface area contributed by atoms with E-state index < -0.39 is 0 Å². The van der Waals surface area contributed by atoms with Crippen molar-refractivity contribution in [1.82, 2.24) is 10.2 Å². The number of carbonyl (C=O) groups excluding carboxylic acids is 2. The van der Waals surface area contributed by atoms with Gasteiger partial charge in [-0.1, -0.05) is 38.5 Å². The largest absolute Gasteiger partial charge is 0.345 e. The van der Waals surface area contributed by atoms with Gasteiger partial charge in [0.25, 0.3) is 0 Å². The predicted octanol–water partition coefficient (Wildman–Crippen LogP) is 2.15. The Bertz CT molecular complexity index is 492. The third kappa shape index (κ3) is 4.00. The SMILES string of the molecule is CCC(C)C1C(=O)NCC(=O)N1CCSc1ccccc1. The van der Waals surface area contributed by atoms with E-state index in [2.05, 4.69) is 17.4 Å². The van der Waals surface area contributed by atoms with E-state index in [1.54, 1.807) is 16.7 Å². The van der Waals surface area contributed by atoms with E-state index in [0.29, 0.717) is 6.54 Å². The van der Waals surface area contributed by atoms with E-state index in [9.17, 15) is 9.59 Å². The molecular formula is C16H22N2O2S. The zero-order chi connectivity index (χ0) is 15.2. The molecule has 1 heterocycles. The topological polar surface area (TPSA) is 49.4 Å². The number of hydrogen-bond donors (Lipinski definition) is 1. The first-order valence-corrected chi connectivity index (χ1v) is 8.37. The molecule has 1 aliphatic heterocycles. The Kier molecular flexibility index (Phi) is 5.67. The van der Waals surface area contributed by atoms with Gasteiger partial charge in [0.05, 0.1) is 6.54 Å². The lowest BCUT2D eigenvalue weighted by Crippen LogP contribution is -2.60. The van der Waals surface area contributed by atoms with E-state index >= 15 is 0 Å². The van der Waals surface area contributed by atoms with Crippen LogP contribution in [0.25, 0.3) is 0 Å². The van der Waals surface area contributed by atoms with Gasteiger partial charge in [-0.25, -0.2) is 0 Å². The van der Waals surface area contributed by atoms with Crippen LogP contribution in [0.5, 0.6) is 0 Å². The lowest BCUT2D eigenvalue weighted by Gasteiger charge is -2.38. The quantitative estimate of drug-likeness (QED) is 0.819. The van der Waals surface area contributed by atoms with Gasteiger partial charge in [0.15, 0.2) is 0 Å². The molecule has 0 saturated carbocycles. The first-order valence-electron chi connectivity index (χ1n) is 7.38. The van der Waals surface area contributed by atoms with Crippen molar-refractivity contribution in [3.8, 4) is 0 Å². The summed E-state index contributed by atoms with van der Waals surface area (Å²) in [7, 11) is 0. The molecule has 0 radical (unpaired) electrons. The Morgan fingerprint density at radius 3 is 2.71 bits per heavy atom. The standard InChI is InChI=1S/C16H22N2O2S/c1-3-12(2)15-16(20)17-11-14(19)18(15)9-10-21-13-7-5-4-6-8-13/h4-8,12,15H,3,9-11H2,1-2H3,(H,17,20). The molecule has 0 spiro atoms. The number of amides is 2. The number of rotatable bonds is 6. The van der Waals surface area contributed by atoms with Crippen LogP contribution < -0.4 is 5.32 Å². The van der Waals surface area contributed by atoms with E-state index in [-0.39, 0.29) is 30.3 Å². The summed E-state index contributed by atoms with van der Waals surface area (Å²) in [6.07, 6.45) is 0.883. The van der Waals surface area contributed by atoms with Crippen LogP contribution in [0, 0.1) is 5.92 Å². The van der Waals surface area contributed by atoms with Gasteiger partial charge in [0.2, 0.25) is 11.8 Å². The van der Waals surface area contributed by atoms with E-state index in [1.165, 1.54) is 4.90 Å². The van der Waals surface area contributed by atoms with Crippen LogP contribution in [0.3, 0.4) is 0 Å². The zero-order valence-electron chi connectivity index (χ0n) is 12.5. The fourth-order valence-electron chi connectivity index (χ4n) is 2.50. The van der Waals surface area contributed by atoms with Crippen molar-refractivity contribution >= 4 is 23.6 Å². The Balaban J connectivity index is 1.97. The number of nitrogens with one attached hydrogen (secondary N) is 1. The molecule has 2 rings (SSSR count). The zero-order valence-corrected chi connectivity index (χ0v) is 13.4. The van der Waals surface area contributed by atoms with Gasteiger partial charge in [-0.15, -0.1) is 11.8 Å². The molecule has 1 saturated heterocycles. The lowest BCUT2D eigenvalue weighted by molar-refractivity contribution is -0.147. The number of thioether (sulfide) groups is 1. The van der Waals surface area contributed by atoms with Gasteiger partial charge in [0.1, 0.15) is 6.04 Å². The van der Waals surface area contributed by atoms with Gasteiger partial charge in [-0.05, 0) is 18.1 Å². The molecule has 1 aliphatic rings. The highest BCUT2D eigenvalue weighted by Gasteiger charge is 2.36. The summed E-state index contributed by atoms with van der Waals surface area (Å²) in [5.74, 6) is 0.980. The summed E-state index contributed by atoms with van der Waals surface area (Å²) < 4.78 is 0. The van der Waals surface area contributed by atoms with E-state index in [1.807, 2.05) is 32.0 Å². The second kappa shape index (κ2) is 7.50. The normalized spacial score (nSPS) is 20.3. The maximum atomic E-state index is 12.1. The molecule has 114 valence electrons. The first kappa shape index (κ1) is 15.9. The van der Waals surface area contributed by atoms with Gasteiger partial charge in [0, 0.05) is 17.2 Å². The third-order valence-corrected chi connectivity index (χ3v) is 4.86. The van der Waals surface area contributed by atoms with Crippen LogP contribution in [0.4, 0.5) is 0 Å². The van der Waals surface area contributed by atoms with Gasteiger partial charge >= 0.3 is 0 Å². The molecule has 2 atom stereocenters. The van der Waals surface area contributed by atoms with Crippen LogP contribution in [-0.2, 0) is 9.59 Å². The minimum absolute atomic E-state index is 0.0198. The molecule has 2 unspecified atom stereocenters. The monoisotopic (exact) mass is 306 g/mol. The maximum Gasteiger partial charge on any atom is 0.243 e. The van der Waals surface area contributed by atoms with E-state index in [0.717, 1.165) is 12.2 Å².